The fourth-order valence-corrected chi connectivity index (χ4v) is 5.21. The lowest BCUT2D eigenvalue weighted by Crippen LogP contribution is -2.45. The quantitative estimate of drug-likeness (QED) is 0.420. The summed E-state index contributed by atoms with van der Waals surface area (Å²) >= 11 is 0. The van der Waals surface area contributed by atoms with Crippen LogP contribution in [0.15, 0.2) is 30.3 Å². The number of likely N-dealkylation sites (tertiary alicyclic amines) is 1. The maximum Gasteiger partial charge on any atom is 0.410 e. The number of terminal acetylenes is 1. The van der Waals surface area contributed by atoms with Crippen LogP contribution in [-0.4, -0.2) is 88.7 Å². The van der Waals surface area contributed by atoms with Gasteiger partial charge in [-0.3, -0.25) is 0 Å². The number of benzene rings is 1. The number of aliphatic hydroxyl groups is 1. The summed E-state index contributed by atoms with van der Waals surface area (Å²) in [6.07, 6.45) is 7.03. The van der Waals surface area contributed by atoms with Crippen molar-refractivity contribution >= 4 is 28.9 Å². The van der Waals surface area contributed by atoms with Gasteiger partial charge in [0.15, 0.2) is 5.65 Å². The van der Waals surface area contributed by atoms with E-state index in [2.05, 4.69) is 16.1 Å². The summed E-state index contributed by atoms with van der Waals surface area (Å²) < 4.78 is 16.5. The van der Waals surface area contributed by atoms with Crippen LogP contribution in [0.25, 0.3) is 22.3 Å². The van der Waals surface area contributed by atoms with Crippen LogP contribution in [0.4, 0.5) is 16.6 Å². The van der Waals surface area contributed by atoms with Crippen LogP contribution in [0.3, 0.4) is 0 Å². The van der Waals surface area contributed by atoms with Gasteiger partial charge in [-0.2, -0.15) is 9.97 Å². The maximum atomic E-state index is 12.5. The average Bonchev–Trinajstić information content (AvgIpc) is 2.99. The number of carbonyl (C=O) groups excluding carboxylic acids is 1. The summed E-state index contributed by atoms with van der Waals surface area (Å²) in [5.41, 5.74) is 2.20. The van der Waals surface area contributed by atoms with Crippen molar-refractivity contribution in [1.82, 2.24) is 19.9 Å². The standard InChI is InChI=1S/C31H38N6O5/c1-6-23-19-41-16-15-37(23)28-24-8-9-25(20-7-10-26(40-5)21(17-20)18-38)33-27(24)34-29(35-28)32-22-11-13-36(14-12-22)30(39)42-31(2,3)4/h1,7-10,17,22-23,38H,11-16,18-19H2,2-5H3,(H,32,33,34,35)/t23-/m0/s1. The van der Waals surface area contributed by atoms with E-state index in [1.165, 1.54) is 0 Å². The first kappa shape index (κ1) is 29.4. The van der Waals surface area contributed by atoms with Crippen LogP contribution >= 0.6 is 0 Å². The Kier molecular flexibility index (Phi) is 8.66. The Morgan fingerprint density at radius 2 is 1.95 bits per heavy atom. The minimum Gasteiger partial charge on any atom is -0.496 e. The highest BCUT2D eigenvalue weighted by Crippen LogP contribution is 2.32. The minimum absolute atomic E-state index is 0.0685. The molecule has 0 radical (unpaired) electrons. The number of methoxy groups -OCH3 is 1. The third kappa shape index (κ3) is 6.50. The number of nitrogens with zero attached hydrogens (tertiary/aromatic N) is 5. The predicted octanol–water partition coefficient (Wildman–Crippen LogP) is 3.84. The van der Waals surface area contributed by atoms with E-state index in [0.717, 1.165) is 23.8 Å². The van der Waals surface area contributed by atoms with E-state index >= 15 is 0 Å². The lowest BCUT2D eigenvalue weighted by molar-refractivity contribution is 0.0210. The van der Waals surface area contributed by atoms with Gasteiger partial charge in [0, 0.05) is 36.8 Å². The van der Waals surface area contributed by atoms with Crippen molar-refractivity contribution in [3.63, 3.8) is 0 Å². The Hall–Kier alpha value is -4.14. The Morgan fingerprint density at radius 3 is 2.64 bits per heavy atom. The van der Waals surface area contributed by atoms with Gasteiger partial charge in [0.2, 0.25) is 5.95 Å². The van der Waals surface area contributed by atoms with E-state index in [1.54, 1.807) is 12.0 Å². The van der Waals surface area contributed by atoms with Crippen LogP contribution in [-0.2, 0) is 16.1 Å². The van der Waals surface area contributed by atoms with Gasteiger partial charge in [-0.1, -0.05) is 5.92 Å². The van der Waals surface area contributed by atoms with Crippen molar-refractivity contribution < 1.29 is 24.1 Å². The first-order valence-corrected chi connectivity index (χ1v) is 14.2. The number of aromatic nitrogens is 3. The van der Waals surface area contributed by atoms with Gasteiger partial charge in [-0.25, -0.2) is 9.78 Å². The lowest BCUT2D eigenvalue weighted by atomic mass is 10.1. The summed E-state index contributed by atoms with van der Waals surface area (Å²) in [4.78, 5) is 31.0. The Morgan fingerprint density at radius 1 is 1.17 bits per heavy atom. The molecule has 11 heteroatoms. The number of fused-ring (bicyclic) bond motifs is 1. The first-order chi connectivity index (χ1) is 20.2. The number of morpholine rings is 1. The lowest BCUT2D eigenvalue weighted by Gasteiger charge is -2.35. The molecule has 0 saturated carbocycles. The first-order valence-electron chi connectivity index (χ1n) is 14.2. The SMILES string of the molecule is C#C[C@H]1COCCN1c1nc(NC2CCN(C(=O)OC(C)(C)C)CC2)nc2nc(-c3ccc(OC)c(CO)c3)ccc12. The molecule has 2 aliphatic heterocycles. The molecule has 42 heavy (non-hydrogen) atoms. The van der Waals surface area contributed by atoms with Crippen molar-refractivity contribution in [2.45, 2.75) is 57.9 Å². The molecule has 0 spiro atoms. The number of hydrogen-bond donors (Lipinski definition) is 2. The number of hydrogen-bond acceptors (Lipinski definition) is 10. The number of pyridine rings is 1. The highest BCUT2D eigenvalue weighted by atomic mass is 16.6. The minimum atomic E-state index is -0.533. The highest BCUT2D eigenvalue weighted by molar-refractivity contribution is 5.90. The fraction of sp³-hybridized carbons (Fsp3) is 0.484. The van der Waals surface area contributed by atoms with E-state index < -0.39 is 5.60 Å². The van der Waals surface area contributed by atoms with E-state index in [-0.39, 0.29) is 24.8 Å². The maximum absolute atomic E-state index is 12.5. The molecule has 1 amide bonds. The summed E-state index contributed by atoms with van der Waals surface area (Å²) in [6.45, 7) is 8.14. The van der Waals surface area contributed by atoms with Gasteiger partial charge in [-0.15, -0.1) is 6.42 Å². The number of anilines is 2. The molecular formula is C31H38N6O5. The molecule has 5 rings (SSSR count). The molecule has 2 aromatic heterocycles. The van der Waals surface area contributed by atoms with Crippen molar-refractivity contribution in [3.8, 4) is 29.4 Å². The predicted molar refractivity (Wildman–Crippen MR) is 160 cm³/mol. The van der Waals surface area contributed by atoms with Crippen LogP contribution in [0.5, 0.6) is 5.75 Å². The summed E-state index contributed by atoms with van der Waals surface area (Å²) in [5.74, 6) is 4.59. The van der Waals surface area contributed by atoms with E-state index in [1.807, 2.05) is 51.1 Å². The fourth-order valence-electron chi connectivity index (χ4n) is 5.21. The monoisotopic (exact) mass is 574 g/mol. The highest BCUT2D eigenvalue weighted by Gasteiger charge is 2.29. The average molecular weight is 575 g/mol. The topological polar surface area (TPSA) is 122 Å². The molecule has 0 bridgehead atoms. The van der Waals surface area contributed by atoms with Crippen LogP contribution < -0.4 is 15.0 Å². The zero-order chi connectivity index (χ0) is 29.9. The molecule has 2 N–H and O–H groups in total. The van der Waals surface area contributed by atoms with Crippen molar-refractivity contribution in [2.24, 2.45) is 0 Å². The largest absolute Gasteiger partial charge is 0.496 e. The molecule has 222 valence electrons. The molecule has 1 atom stereocenters. The van der Waals surface area contributed by atoms with E-state index in [4.69, 9.17) is 35.6 Å². The Bertz CT molecular complexity index is 1480. The van der Waals surface area contributed by atoms with Gasteiger partial charge >= 0.3 is 6.09 Å². The number of aliphatic hydroxyl groups excluding tert-OH is 1. The molecule has 2 aliphatic rings. The molecule has 0 unspecified atom stereocenters. The zero-order valence-corrected chi connectivity index (χ0v) is 24.6. The third-order valence-corrected chi connectivity index (χ3v) is 7.36. The van der Waals surface area contributed by atoms with Crippen LogP contribution in [0.2, 0.25) is 0 Å². The Labute approximate surface area is 246 Å². The van der Waals surface area contributed by atoms with Crippen molar-refractivity contribution in [1.29, 1.82) is 0 Å². The molecule has 11 nitrogen and oxygen atoms in total. The van der Waals surface area contributed by atoms with E-state index in [9.17, 15) is 9.90 Å². The Balaban J connectivity index is 1.45. The van der Waals surface area contributed by atoms with Gasteiger partial charge in [0.25, 0.3) is 0 Å². The molecule has 3 aromatic rings. The third-order valence-electron chi connectivity index (χ3n) is 7.36. The number of nitrogens with one attached hydrogen (secondary N) is 1. The smallest absolute Gasteiger partial charge is 0.410 e. The van der Waals surface area contributed by atoms with Crippen molar-refractivity contribution in [2.75, 3.05) is 50.2 Å². The second-order valence-corrected chi connectivity index (χ2v) is 11.5. The van der Waals surface area contributed by atoms with Gasteiger partial charge in [0.1, 0.15) is 23.2 Å². The zero-order valence-electron chi connectivity index (χ0n) is 24.6. The second-order valence-electron chi connectivity index (χ2n) is 11.5. The second kappa shape index (κ2) is 12.4. The summed E-state index contributed by atoms with van der Waals surface area (Å²) in [5, 5.41) is 14.1. The molecule has 4 heterocycles. The molecule has 0 aliphatic carbocycles. The number of amides is 1. The van der Waals surface area contributed by atoms with Gasteiger partial charge < -0.3 is 34.4 Å². The summed E-state index contributed by atoms with van der Waals surface area (Å²) in [7, 11) is 1.58. The number of rotatable bonds is 6. The van der Waals surface area contributed by atoms with Crippen molar-refractivity contribution in [3.05, 3.63) is 35.9 Å². The van der Waals surface area contributed by atoms with Gasteiger partial charge in [0.05, 0.1) is 38.0 Å². The molecule has 2 saturated heterocycles. The summed E-state index contributed by atoms with van der Waals surface area (Å²) in [6, 6.07) is 9.27. The number of ether oxygens (including phenoxy) is 3. The van der Waals surface area contributed by atoms with Crippen LogP contribution in [0, 0.1) is 12.3 Å². The number of carbonyl (C=O) groups is 1. The normalized spacial score (nSPS) is 18.0. The van der Waals surface area contributed by atoms with E-state index in [0.29, 0.717) is 67.3 Å². The van der Waals surface area contributed by atoms with Gasteiger partial charge in [-0.05, 0) is 63.9 Å². The molecular weight excluding hydrogens is 536 g/mol. The molecule has 2 fully saturated rings. The van der Waals surface area contributed by atoms with Crippen LogP contribution in [0.1, 0.15) is 39.2 Å². The molecule has 1 aromatic carbocycles. The number of piperidine rings is 1.